The van der Waals surface area contributed by atoms with Crippen molar-refractivity contribution in [2.45, 2.75) is 63.5 Å². The Morgan fingerprint density at radius 2 is 1.56 bits per heavy atom. The Bertz CT molecular complexity index is 243. The first-order valence-corrected chi connectivity index (χ1v) is 6.53. The summed E-state index contributed by atoms with van der Waals surface area (Å²) in [7, 11) is 0. The van der Waals surface area contributed by atoms with Gasteiger partial charge in [0.25, 0.3) is 0 Å². The lowest BCUT2D eigenvalue weighted by molar-refractivity contribution is 0.110. The van der Waals surface area contributed by atoms with Crippen molar-refractivity contribution in [1.82, 2.24) is 5.32 Å². The maximum absolute atomic E-state index is 10.2. The van der Waals surface area contributed by atoms with E-state index in [1.54, 1.807) is 0 Å². The molecule has 2 rings (SSSR count). The lowest BCUT2D eigenvalue weighted by atomic mass is 10.3. The van der Waals surface area contributed by atoms with Crippen LogP contribution in [0.2, 0.25) is 0 Å². The molecule has 0 unspecified atom stereocenters. The molecule has 2 fully saturated rings. The summed E-state index contributed by atoms with van der Waals surface area (Å²) in [5, 5.41) is 10.7. The van der Waals surface area contributed by atoms with Crippen LogP contribution in [0.15, 0.2) is 0 Å². The van der Waals surface area contributed by atoms with E-state index in [-0.39, 0.29) is 12.1 Å². The van der Waals surface area contributed by atoms with Crippen LogP contribution in [0.1, 0.15) is 51.4 Å². The summed E-state index contributed by atoms with van der Waals surface area (Å²) in [6, 6.07) is 0.238. The number of carbonyl (C=O) groups excluding carboxylic acids is 1. The Labute approximate surface area is 107 Å². The second-order valence-corrected chi connectivity index (χ2v) is 4.77. The van der Waals surface area contributed by atoms with Gasteiger partial charge < -0.3 is 20.9 Å². The Morgan fingerprint density at radius 1 is 1.06 bits per heavy atom. The van der Waals surface area contributed by atoms with Crippen LogP contribution >= 0.6 is 0 Å². The van der Waals surface area contributed by atoms with Gasteiger partial charge >= 0.3 is 12.2 Å². The molecule has 0 atom stereocenters. The zero-order chi connectivity index (χ0) is 13.4. The highest BCUT2D eigenvalue weighted by atomic mass is 16.6. The molecule has 0 aliphatic heterocycles. The standard InChI is InChI=1S/2C6H11NO2/c7-6(8)9-5-3-1-2-4-5;8-6(9)7-5-3-1-2-4-5/h5H,1-4H2,(H2,7,8);5,7H,1-4H2,(H,8,9). The number of carbonyl (C=O) groups is 2. The van der Waals surface area contributed by atoms with Gasteiger partial charge in [-0.2, -0.15) is 0 Å². The summed E-state index contributed by atoms with van der Waals surface area (Å²) >= 11 is 0. The predicted molar refractivity (Wildman–Crippen MR) is 66.3 cm³/mol. The van der Waals surface area contributed by atoms with Crippen molar-refractivity contribution < 1.29 is 19.4 Å². The third kappa shape index (κ3) is 6.32. The van der Waals surface area contributed by atoms with Gasteiger partial charge in [-0.05, 0) is 38.5 Å². The highest BCUT2D eigenvalue weighted by molar-refractivity contribution is 5.65. The first-order chi connectivity index (χ1) is 8.58. The quantitative estimate of drug-likeness (QED) is 0.706. The number of nitrogens with one attached hydrogen (secondary N) is 1. The van der Waals surface area contributed by atoms with Gasteiger partial charge in [0.15, 0.2) is 0 Å². The maximum Gasteiger partial charge on any atom is 0.404 e. The monoisotopic (exact) mass is 258 g/mol. The minimum Gasteiger partial charge on any atom is -0.465 e. The van der Waals surface area contributed by atoms with Crippen LogP contribution in [-0.2, 0) is 4.74 Å². The van der Waals surface area contributed by atoms with Crippen LogP contribution in [0.4, 0.5) is 9.59 Å². The van der Waals surface area contributed by atoms with Crippen LogP contribution in [0, 0.1) is 0 Å². The number of hydrogen-bond acceptors (Lipinski definition) is 3. The normalized spacial score (nSPS) is 20.0. The summed E-state index contributed by atoms with van der Waals surface area (Å²) < 4.78 is 4.75. The largest absolute Gasteiger partial charge is 0.465 e. The van der Waals surface area contributed by atoms with E-state index < -0.39 is 12.2 Å². The van der Waals surface area contributed by atoms with Crippen molar-refractivity contribution >= 4 is 12.2 Å². The lowest BCUT2D eigenvalue weighted by Crippen LogP contribution is -2.30. The molecule has 0 radical (unpaired) electrons. The number of amides is 2. The smallest absolute Gasteiger partial charge is 0.404 e. The Morgan fingerprint density at radius 3 is 2.00 bits per heavy atom. The van der Waals surface area contributed by atoms with Crippen LogP contribution in [0.3, 0.4) is 0 Å². The van der Waals surface area contributed by atoms with E-state index in [1.165, 1.54) is 12.8 Å². The summed E-state index contributed by atoms with van der Waals surface area (Å²) in [4.78, 5) is 20.2. The highest BCUT2D eigenvalue weighted by Crippen LogP contribution is 2.20. The molecule has 2 saturated carbocycles. The molecule has 2 aliphatic carbocycles. The average Bonchev–Trinajstić information content (AvgIpc) is 2.90. The van der Waals surface area contributed by atoms with Gasteiger partial charge in [-0.15, -0.1) is 0 Å². The minimum atomic E-state index is -0.887. The molecule has 104 valence electrons. The van der Waals surface area contributed by atoms with Gasteiger partial charge in [0.05, 0.1) is 0 Å². The lowest BCUT2D eigenvalue weighted by Gasteiger charge is -2.06. The fraction of sp³-hybridized carbons (Fsp3) is 0.833. The Balaban J connectivity index is 0.000000180. The zero-order valence-electron chi connectivity index (χ0n) is 10.6. The average molecular weight is 258 g/mol. The fourth-order valence-corrected chi connectivity index (χ4v) is 2.42. The van der Waals surface area contributed by atoms with E-state index in [1.807, 2.05) is 0 Å². The van der Waals surface area contributed by atoms with Gasteiger partial charge in [0, 0.05) is 6.04 Å². The van der Waals surface area contributed by atoms with Gasteiger partial charge in [-0.1, -0.05) is 12.8 Å². The molecule has 0 spiro atoms. The molecule has 18 heavy (non-hydrogen) atoms. The molecule has 6 heteroatoms. The molecule has 0 aromatic heterocycles. The van der Waals surface area contributed by atoms with Crippen LogP contribution in [0.25, 0.3) is 0 Å². The summed E-state index contributed by atoms with van der Waals surface area (Å²) in [6.45, 7) is 0. The molecule has 0 aromatic carbocycles. The fourth-order valence-electron chi connectivity index (χ4n) is 2.42. The van der Waals surface area contributed by atoms with Crippen molar-refractivity contribution in [1.29, 1.82) is 0 Å². The molecule has 0 bridgehead atoms. The van der Waals surface area contributed by atoms with E-state index in [0.717, 1.165) is 38.5 Å². The van der Waals surface area contributed by atoms with Gasteiger partial charge in [0.1, 0.15) is 6.10 Å². The van der Waals surface area contributed by atoms with Gasteiger partial charge in [0.2, 0.25) is 0 Å². The summed E-state index contributed by atoms with van der Waals surface area (Å²) in [5.74, 6) is 0. The van der Waals surface area contributed by atoms with Crippen molar-refractivity contribution in [2.75, 3.05) is 0 Å². The van der Waals surface area contributed by atoms with E-state index in [9.17, 15) is 9.59 Å². The number of hydrogen-bond donors (Lipinski definition) is 3. The molecule has 6 nitrogen and oxygen atoms in total. The van der Waals surface area contributed by atoms with Crippen molar-refractivity contribution in [2.24, 2.45) is 5.73 Å². The zero-order valence-corrected chi connectivity index (χ0v) is 10.6. The number of carboxylic acid groups (broad SMARTS) is 1. The molecule has 2 amide bonds. The van der Waals surface area contributed by atoms with Crippen molar-refractivity contribution in [3.63, 3.8) is 0 Å². The minimum absolute atomic E-state index is 0.113. The van der Waals surface area contributed by atoms with E-state index in [2.05, 4.69) is 5.32 Å². The molecule has 0 saturated heterocycles. The molecular formula is C12H22N2O4. The maximum atomic E-state index is 10.2. The molecular weight excluding hydrogens is 236 g/mol. The molecule has 0 aromatic rings. The van der Waals surface area contributed by atoms with Crippen molar-refractivity contribution in [3.05, 3.63) is 0 Å². The van der Waals surface area contributed by atoms with Gasteiger partial charge in [-0.25, -0.2) is 9.59 Å². The molecule has 0 heterocycles. The van der Waals surface area contributed by atoms with Crippen LogP contribution in [0.5, 0.6) is 0 Å². The topological polar surface area (TPSA) is 102 Å². The summed E-state index contributed by atoms with van der Waals surface area (Å²) in [6.07, 6.45) is 7.28. The summed E-state index contributed by atoms with van der Waals surface area (Å²) in [5.41, 5.74) is 4.81. The van der Waals surface area contributed by atoms with Crippen molar-refractivity contribution in [3.8, 4) is 0 Å². The third-order valence-corrected chi connectivity index (χ3v) is 3.27. The Kier molecular flexibility index (Phi) is 6.32. The van der Waals surface area contributed by atoms with Gasteiger partial charge in [-0.3, -0.25) is 0 Å². The number of rotatable bonds is 2. The van der Waals surface area contributed by atoms with E-state index in [4.69, 9.17) is 15.6 Å². The number of nitrogens with two attached hydrogens (primary N) is 1. The van der Waals surface area contributed by atoms with E-state index >= 15 is 0 Å². The molecule has 2 aliphatic rings. The Hall–Kier alpha value is -1.46. The van der Waals surface area contributed by atoms with Crippen LogP contribution < -0.4 is 11.1 Å². The highest BCUT2D eigenvalue weighted by Gasteiger charge is 2.17. The SMILES string of the molecule is NC(=O)OC1CCCC1.O=C(O)NC1CCCC1. The number of primary amides is 1. The second kappa shape index (κ2) is 7.79. The first kappa shape index (κ1) is 14.6. The van der Waals surface area contributed by atoms with Crippen LogP contribution in [-0.4, -0.2) is 29.4 Å². The van der Waals surface area contributed by atoms with E-state index in [0.29, 0.717) is 0 Å². The first-order valence-electron chi connectivity index (χ1n) is 6.53. The molecule has 4 N–H and O–H groups in total. The predicted octanol–water partition coefficient (Wildman–Crippen LogP) is 2.22. The third-order valence-electron chi connectivity index (χ3n) is 3.27. The second-order valence-electron chi connectivity index (χ2n) is 4.77. The number of ether oxygens (including phenoxy) is 1.